The number of carbonyl (C=O) groups excluding carboxylic acids is 1. The van der Waals surface area contributed by atoms with Gasteiger partial charge in [0, 0.05) is 6.54 Å². The number of hydrogen-bond acceptors (Lipinski definition) is 4. The number of halogens is 1. The first-order valence-electron chi connectivity index (χ1n) is 3.50. The van der Waals surface area contributed by atoms with Gasteiger partial charge < -0.3 is 10.6 Å². The highest BCUT2D eigenvalue weighted by Gasteiger charge is 2.22. The summed E-state index contributed by atoms with van der Waals surface area (Å²) in [6.07, 6.45) is 1.78. The van der Waals surface area contributed by atoms with Gasteiger partial charge in [-0.3, -0.25) is 0 Å². The Hall–Kier alpha value is -1.43. The molecule has 2 aliphatic rings. The number of urea groups is 1. The summed E-state index contributed by atoms with van der Waals surface area (Å²) in [7, 11) is 0. The third kappa shape index (κ3) is 1.67. The Morgan fingerprint density at radius 1 is 1.62 bits per heavy atom. The van der Waals surface area contributed by atoms with E-state index in [9.17, 15) is 4.79 Å². The van der Waals surface area contributed by atoms with Gasteiger partial charge in [0.15, 0.2) is 0 Å². The van der Waals surface area contributed by atoms with Crippen LogP contribution in [-0.4, -0.2) is 29.7 Å². The maximum atomic E-state index is 10.7. The van der Waals surface area contributed by atoms with Crippen LogP contribution in [0.5, 0.6) is 0 Å². The molecule has 13 heavy (non-hydrogen) atoms. The van der Waals surface area contributed by atoms with E-state index in [2.05, 4.69) is 15.4 Å². The Balaban J connectivity index is 0.000000845. The summed E-state index contributed by atoms with van der Waals surface area (Å²) in [6, 6.07) is -0.445. The largest absolute Gasteiger partial charge is 0.351 e. The lowest BCUT2D eigenvalue weighted by Gasteiger charge is -2.21. The van der Waals surface area contributed by atoms with Crippen molar-refractivity contribution >= 4 is 24.1 Å². The molecule has 2 amide bonds. The highest BCUT2D eigenvalue weighted by atomic mass is 35.5. The van der Waals surface area contributed by atoms with Crippen molar-refractivity contribution in [1.82, 2.24) is 4.90 Å². The van der Waals surface area contributed by atoms with E-state index in [-0.39, 0.29) is 12.4 Å². The molecule has 7 heteroatoms. The van der Waals surface area contributed by atoms with Crippen molar-refractivity contribution < 1.29 is 4.79 Å². The third-order valence-corrected chi connectivity index (χ3v) is 1.77. The number of carbonyl (C=O) groups is 1. The predicted molar refractivity (Wildman–Crippen MR) is 48.8 cm³/mol. The van der Waals surface area contributed by atoms with Crippen molar-refractivity contribution in [3.8, 4) is 0 Å². The fourth-order valence-electron chi connectivity index (χ4n) is 1.11. The van der Waals surface area contributed by atoms with Gasteiger partial charge in [0.25, 0.3) is 0 Å². The summed E-state index contributed by atoms with van der Waals surface area (Å²) in [6.45, 7) is 0.900. The lowest BCUT2D eigenvalue weighted by molar-refractivity contribution is 0.218. The van der Waals surface area contributed by atoms with Crippen LogP contribution in [0.25, 0.3) is 0 Å². The second-order valence-electron chi connectivity index (χ2n) is 2.54. The number of primary amides is 1. The zero-order chi connectivity index (χ0) is 8.55. The summed E-state index contributed by atoms with van der Waals surface area (Å²) in [5.41, 5.74) is 6.56. The quantitative estimate of drug-likeness (QED) is 0.609. The third-order valence-electron chi connectivity index (χ3n) is 1.77. The van der Waals surface area contributed by atoms with Gasteiger partial charge in [0.05, 0.1) is 6.54 Å². The highest BCUT2D eigenvalue weighted by Crippen LogP contribution is 2.15. The molecule has 0 aromatic heterocycles. The SMILES string of the molecule is Cl.NC(=O)N1CC=C2N=NN=C2C1. The lowest BCUT2D eigenvalue weighted by Crippen LogP contribution is -2.42. The topological polar surface area (TPSA) is 83.4 Å². The smallest absolute Gasteiger partial charge is 0.315 e. The molecule has 0 fully saturated rings. The van der Waals surface area contributed by atoms with Crippen molar-refractivity contribution in [2.75, 3.05) is 13.1 Å². The van der Waals surface area contributed by atoms with Crippen LogP contribution in [0, 0.1) is 0 Å². The van der Waals surface area contributed by atoms with Crippen molar-refractivity contribution in [3.63, 3.8) is 0 Å². The molecule has 0 saturated carbocycles. The summed E-state index contributed by atoms with van der Waals surface area (Å²) < 4.78 is 0. The first kappa shape index (κ1) is 9.66. The number of hydrogen-bond donors (Lipinski definition) is 1. The van der Waals surface area contributed by atoms with Crippen molar-refractivity contribution in [1.29, 1.82) is 0 Å². The van der Waals surface area contributed by atoms with E-state index < -0.39 is 6.03 Å². The summed E-state index contributed by atoms with van der Waals surface area (Å²) in [5, 5.41) is 11.0. The van der Waals surface area contributed by atoms with E-state index in [0.29, 0.717) is 18.8 Å². The summed E-state index contributed by atoms with van der Waals surface area (Å²) in [5.74, 6) is 0. The van der Waals surface area contributed by atoms with Crippen LogP contribution in [0.3, 0.4) is 0 Å². The number of amides is 2. The van der Waals surface area contributed by atoms with E-state index in [1.54, 1.807) is 6.08 Å². The predicted octanol–water partition coefficient (Wildman–Crippen LogP) is 0.508. The molecule has 2 aliphatic heterocycles. The Morgan fingerprint density at radius 2 is 2.38 bits per heavy atom. The minimum Gasteiger partial charge on any atom is -0.351 e. The number of rotatable bonds is 0. The van der Waals surface area contributed by atoms with E-state index in [1.165, 1.54) is 4.90 Å². The van der Waals surface area contributed by atoms with Gasteiger partial charge >= 0.3 is 6.03 Å². The molecule has 0 spiro atoms. The van der Waals surface area contributed by atoms with Gasteiger partial charge in [0.1, 0.15) is 11.4 Å². The molecule has 0 atom stereocenters. The Kier molecular flexibility index (Phi) is 2.62. The minimum atomic E-state index is -0.445. The van der Waals surface area contributed by atoms with Crippen molar-refractivity contribution in [2.24, 2.45) is 21.2 Å². The fourth-order valence-corrected chi connectivity index (χ4v) is 1.11. The van der Waals surface area contributed by atoms with E-state index in [4.69, 9.17) is 5.73 Å². The van der Waals surface area contributed by atoms with Crippen LogP contribution < -0.4 is 5.73 Å². The molecular formula is C6H8ClN5O. The van der Waals surface area contributed by atoms with Gasteiger partial charge in [-0.15, -0.1) is 22.6 Å². The highest BCUT2D eigenvalue weighted by molar-refractivity contribution is 6.04. The van der Waals surface area contributed by atoms with E-state index in [1.807, 2.05) is 0 Å². The maximum absolute atomic E-state index is 10.7. The lowest BCUT2D eigenvalue weighted by atomic mass is 10.2. The van der Waals surface area contributed by atoms with Crippen LogP contribution in [0.4, 0.5) is 4.79 Å². The average molecular weight is 202 g/mol. The van der Waals surface area contributed by atoms with Gasteiger partial charge in [0.2, 0.25) is 0 Å². The first-order chi connectivity index (χ1) is 5.77. The molecule has 70 valence electrons. The van der Waals surface area contributed by atoms with Gasteiger partial charge in [-0.05, 0) is 11.3 Å². The molecule has 0 aromatic carbocycles. The summed E-state index contributed by atoms with van der Waals surface area (Å²) >= 11 is 0. The first-order valence-corrected chi connectivity index (χ1v) is 3.50. The van der Waals surface area contributed by atoms with Crippen molar-refractivity contribution in [2.45, 2.75) is 0 Å². The van der Waals surface area contributed by atoms with Gasteiger partial charge in [-0.25, -0.2) is 4.79 Å². The molecule has 2 rings (SSSR count). The molecule has 0 aliphatic carbocycles. The molecular weight excluding hydrogens is 194 g/mol. The zero-order valence-corrected chi connectivity index (χ0v) is 7.49. The van der Waals surface area contributed by atoms with Crippen LogP contribution in [-0.2, 0) is 0 Å². The van der Waals surface area contributed by atoms with E-state index >= 15 is 0 Å². The number of fused-ring (bicyclic) bond motifs is 1. The minimum absolute atomic E-state index is 0. The summed E-state index contributed by atoms with van der Waals surface area (Å²) in [4.78, 5) is 12.2. The zero-order valence-electron chi connectivity index (χ0n) is 6.67. The van der Waals surface area contributed by atoms with Crippen LogP contribution in [0.2, 0.25) is 0 Å². The maximum Gasteiger partial charge on any atom is 0.315 e. The number of nitrogens with zero attached hydrogens (tertiary/aromatic N) is 4. The second kappa shape index (κ2) is 3.53. The van der Waals surface area contributed by atoms with Crippen LogP contribution >= 0.6 is 12.4 Å². The normalized spacial score (nSPS) is 18.6. The Morgan fingerprint density at radius 3 is 3.08 bits per heavy atom. The molecule has 0 saturated heterocycles. The van der Waals surface area contributed by atoms with Crippen LogP contribution in [0.1, 0.15) is 0 Å². The molecule has 0 bridgehead atoms. The Bertz CT molecular complexity index is 321. The van der Waals surface area contributed by atoms with Crippen LogP contribution in [0.15, 0.2) is 27.2 Å². The van der Waals surface area contributed by atoms with Gasteiger partial charge in [-0.1, -0.05) is 0 Å². The molecule has 2 heterocycles. The standard InChI is InChI=1S/C6H7N5O.ClH/c7-6(12)11-2-1-4-5(3-11)9-10-8-4;/h1H,2-3H2,(H2,7,12);1H. The molecule has 2 N–H and O–H groups in total. The monoisotopic (exact) mass is 201 g/mol. The molecule has 0 unspecified atom stereocenters. The molecule has 0 aromatic rings. The van der Waals surface area contributed by atoms with Crippen molar-refractivity contribution in [3.05, 3.63) is 11.8 Å². The number of nitrogens with two attached hydrogens (primary N) is 1. The van der Waals surface area contributed by atoms with E-state index in [0.717, 1.165) is 5.70 Å². The fraction of sp³-hybridized carbons (Fsp3) is 0.333. The Labute approximate surface area is 80.6 Å². The average Bonchev–Trinajstić information content (AvgIpc) is 2.49. The van der Waals surface area contributed by atoms with Gasteiger partial charge in [-0.2, -0.15) is 0 Å². The molecule has 6 nitrogen and oxygen atoms in total. The molecule has 0 radical (unpaired) electrons. The second-order valence-corrected chi connectivity index (χ2v) is 2.54.